The molecule has 1 amide bonds. The molecule has 1 aliphatic heterocycles. The Kier molecular flexibility index (Phi) is 4.90. The molecule has 6 nitrogen and oxygen atoms in total. The number of benzene rings is 1. The molecule has 1 aromatic carbocycles. The average molecular weight is 372 g/mol. The van der Waals surface area contributed by atoms with Crippen LogP contribution in [0.4, 0.5) is 0 Å². The average Bonchev–Trinajstić information content (AvgIpc) is 3.28. The van der Waals surface area contributed by atoms with Gasteiger partial charge in [0.25, 0.3) is 0 Å². The van der Waals surface area contributed by atoms with E-state index in [0.717, 1.165) is 17.7 Å². The van der Waals surface area contributed by atoms with Gasteiger partial charge >= 0.3 is 5.76 Å². The molecule has 26 heavy (non-hydrogen) atoms. The number of rotatable bonds is 5. The van der Waals surface area contributed by atoms with Crippen LogP contribution >= 0.6 is 11.3 Å². The minimum atomic E-state index is -0.498. The van der Waals surface area contributed by atoms with Gasteiger partial charge in [0.05, 0.1) is 12.1 Å². The first-order valence-corrected chi connectivity index (χ1v) is 9.58. The molecule has 0 saturated carbocycles. The van der Waals surface area contributed by atoms with Gasteiger partial charge in [-0.1, -0.05) is 18.2 Å². The van der Waals surface area contributed by atoms with E-state index in [1.807, 2.05) is 34.5 Å². The summed E-state index contributed by atoms with van der Waals surface area (Å²) in [6.07, 6.45) is 1.64. The molecule has 2 aromatic heterocycles. The number of nitrogens with zero attached hydrogens (tertiary/aromatic N) is 2. The zero-order valence-electron chi connectivity index (χ0n) is 14.3. The number of hydrogen-bond donors (Lipinski definition) is 0. The summed E-state index contributed by atoms with van der Waals surface area (Å²) in [5, 5.41) is 2.01. The van der Waals surface area contributed by atoms with Crippen molar-refractivity contribution in [3.05, 3.63) is 57.2 Å². The Labute approximate surface area is 154 Å². The summed E-state index contributed by atoms with van der Waals surface area (Å²) >= 11 is 1.63. The molecule has 1 saturated heterocycles. The Bertz CT molecular complexity index is 938. The summed E-state index contributed by atoms with van der Waals surface area (Å²) in [6, 6.07) is 11.3. The van der Waals surface area contributed by atoms with Crippen LogP contribution in [0.25, 0.3) is 11.1 Å². The molecule has 0 radical (unpaired) electrons. The van der Waals surface area contributed by atoms with Gasteiger partial charge in [0, 0.05) is 24.1 Å². The Balaban J connectivity index is 1.60. The second kappa shape index (κ2) is 7.47. The molecule has 1 fully saturated rings. The van der Waals surface area contributed by atoms with Crippen LogP contribution in [0.3, 0.4) is 0 Å². The van der Waals surface area contributed by atoms with Crippen molar-refractivity contribution < 1.29 is 13.9 Å². The maximum absolute atomic E-state index is 13.1. The van der Waals surface area contributed by atoms with Gasteiger partial charge in [0.1, 0.15) is 6.54 Å². The van der Waals surface area contributed by atoms with Gasteiger partial charge in [-0.05, 0) is 36.4 Å². The summed E-state index contributed by atoms with van der Waals surface area (Å²) in [6.45, 7) is 1.87. The van der Waals surface area contributed by atoms with Crippen LogP contribution in [-0.4, -0.2) is 34.6 Å². The lowest BCUT2D eigenvalue weighted by molar-refractivity contribution is -0.136. The van der Waals surface area contributed by atoms with Crippen LogP contribution in [0, 0.1) is 0 Å². The van der Waals surface area contributed by atoms with Crippen LogP contribution in [0.2, 0.25) is 0 Å². The van der Waals surface area contributed by atoms with Crippen LogP contribution in [0.1, 0.15) is 17.7 Å². The lowest BCUT2D eigenvalue weighted by atomic mass is 10.1. The van der Waals surface area contributed by atoms with Crippen molar-refractivity contribution in [2.24, 2.45) is 0 Å². The third kappa shape index (κ3) is 3.45. The summed E-state index contributed by atoms with van der Waals surface area (Å²) < 4.78 is 12.1. The molecule has 0 atom stereocenters. The van der Waals surface area contributed by atoms with E-state index >= 15 is 0 Å². The first-order valence-electron chi connectivity index (χ1n) is 8.70. The zero-order chi connectivity index (χ0) is 17.9. The van der Waals surface area contributed by atoms with Gasteiger partial charge in [-0.3, -0.25) is 9.36 Å². The molecule has 1 aliphatic rings. The Morgan fingerprint density at radius 1 is 1.19 bits per heavy atom. The highest BCUT2D eigenvalue weighted by Gasteiger charge is 2.27. The summed E-state index contributed by atoms with van der Waals surface area (Å²) in [7, 11) is 0. The number of carbonyl (C=O) groups excluding carboxylic acids is 1. The van der Waals surface area contributed by atoms with E-state index in [1.165, 1.54) is 4.57 Å². The Morgan fingerprint density at radius 2 is 2.00 bits per heavy atom. The minimum absolute atomic E-state index is 0.0153. The maximum Gasteiger partial charge on any atom is 0.420 e. The van der Waals surface area contributed by atoms with Crippen LogP contribution in [-0.2, 0) is 22.6 Å². The fourth-order valence-electron chi connectivity index (χ4n) is 3.38. The van der Waals surface area contributed by atoms with Gasteiger partial charge in [0.15, 0.2) is 5.58 Å². The lowest BCUT2D eigenvalue weighted by Crippen LogP contribution is -2.44. The molecule has 0 unspecified atom stereocenters. The molecular weight excluding hydrogens is 352 g/mol. The minimum Gasteiger partial charge on any atom is -0.408 e. The SMILES string of the molecule is O=C(Cn1c(=O)oc2ccccc21)N(Cc1cccs1)C1CCOCC1. The largest absolute Gasteiger partial charge is 0.420 e. The predicted octanol–water partition coefficient (Wildman–Crippen LogP) is 2.86. The highest BCUT2D eigenvalue weighted by molar-refractivity contribution is 7.09. The van der Waals surface area contributed by atoms with Crippen molar-refractivity contribution in [3.63, 3.8) is 0 Å². The van der Waals surface area contributed by atoms with Crippen molar-refractivity contribution in [2.75, 3.05) is 13.2 Å². The fourth-order valence-corrected chi connectivity index (χ4v) is 4.08. The van der Waals surface area contributed by atoms with Crippen molar-refractivity contribution in [3.8, 4) is 0 Å². The fraction of sp³-hybridized carbons (Fsp3) is 0.368. The van der Waals surface area contributed by atoms with Crippen LogP contribution < -0.4 is 5.76 Å². The second-order valence-electron chi connectivity index (χ2n) is 6.37. The van der Waals surface area contributed by atoms with Gasteiger partial charge in [-0.25, -0.2) is 4.79 Å². The monoisotopic (exact) mass is 372 g/mol. The van der Waals surface area contributed by atoms with Gasteiger partial charge in [-0.15, -0.1) is 11.3 Å². The number of para-hydroxylation sites is 2. The second-order valence-corrected chi connectivity index (χ2v) is 7.40. The third-order valence-electron chi connectivity index (χ3n) is 4.73. The van der Waals surface area contributed by atoms with Gasteiger partial charge in [-0.2, -0.15) is 0 Å². The molecule has 0 spiro atoms. The number of oxazole rings is 1. The van der Waals surface area contributed by atoms with E-state index in [4.69, 9.17) is 9.15 Å². The number of fused-ring (bicyclic) bond motifs is 1. The number of hydrogen-bond acceptors (Lipinski definition) is 5. The number of ether oxygens (including phenoxy) is 1. The summed E-state index contributed by atoms with van der Waals surface area (Å²) in [4.78, 5) is 28.3. The van der Waals surface area contributed by atoms with Gasteiger partial charge < -0.3 is 14.1 Å². The van der Waals surface area contributed by atoms with E-state index in [0.29, 0.717) is 30.9 Å². The molecule has 3 aromatic rings. The molecule has 4 rings (SSSR count). The van der Waals surface area contributed by atoms with Crippen molar-refractivity contribution >= 4 is 28.3 Å². The molecule has 7 heteroatoms. The highest BCUT2D eigenvalue weighted by atomic mass is 32.1. The maximum atomic E-state index is 13.1. The van der Waals surface area contributed by atoms with Crippen molar-refractivity contribution in [1.82, 2.24) is 9.47 Å². The molecule has 0 aliphatic carbocycles. The molecule has 0 N–H and O–H groups in total. The van der Waals surface area contributed by atoms with Crippen molar-refractivity contribution in [2.45, 2.75) is 32.0 Å². The van der Waals surface area contributed by atoms with E-state index in [-0.39, 0.29) is 18.5 Å². The summed E-state index contributed by atoms with van der Waals surface area (Å²) in [5.41, 5.74) is 1.15. The Morgan fingerprint density at radius 3 is 2.77 bits per heavy atom. The highest BCUT2D eigenvalue weighted by Crippen LogP contribution is 2.21. The quantitative estimate of drug-likeness (QED) is 0.691. The molecular formula is C19H20N2O4S. The zero-order valence-corrected chi connectivity index (χ0v) is 15.1. The standard InChI is InChI=1S/C19H20N2O4S/c22-18(13-21-16-5-1-2-6-17(16)25-19(21)23)20(12-15-4-3-11-26-15)14-7-9-24-10-8-14/h1-6,11,14H,7-10,12-13H2. The predicted molar refractivity (Wildman–Crippen MR) is 99.2 cm³/mol. The van der Waals surface area contributed by atoms with E-state index in [9.17, 15) is 9.59 Å². The molecule has 136 valence electrons. The molecule has 3 heterocycles. The third-order valence-corrected chi connectivity index (χ3v) is 5.59. The van der Waals surface area contributed by atoms with Crippen LogP contribution in [0.5, 0.6) is 0 Å². The lowest BCUT2D eigenvalue weighted by Gasteiger charge is -2.34. The first-order chi connectivity index (χ1) is 12.7. The van der Waals surface area contributed by atoms with E-state index in [1.54, 1.807) is 23.5 Å². The summed E-state index contributed by atoms with van der Waals surface area (Å²) in [5.74, 6) is -0.568. The van der Waals surface area contributed by atoms with Gasteiger partial charge in [0.2, 0.25) is 5.91 Å². The van der Waals surface area contributed by atoms with E-state index in [2.05, 4.69) is 0 Å². The normalized spacial score (nSPS) is 15.4. The van der Waals surface area contributed by atoms with Crippen molar-refractivity contribution in [1.29, 1.82) is 0 Å². The molecule has 0 bridgehead atoms. The van der Waals surface area contributed by atoms with Crippen LogP contribution in [0.15, 0.2) is 51.0 Å². The van der Waals surface area contributed by atoms with E-state index < -0.39 is 5.76 Å². The topological polar surface area (TPSA) is 64.7 Å². The number of carbonyl (C=O) groups is 1. The smallest absolute Gasteiger partial charge is 0.408 e. The number of thiophene rings is 1. The Hall–Kier alpha value is -2.38. The number of aromatic nitrogens is 1. The number of amides is 1. The first kappa shape index (κ1) is 17.1.